The second-order valence-corrected chi connectivity index (χ2v) is 10.4. The van der Waals surface area contributed by atoms with E-state index in [0.29, 0.717) is 6.42 Å². The summed E-state index contributed by atoms with van der Waals surface area (Å²) < 4.78 is 55.5. The maximum Gasteiger partial charge on any atom is 0.246 e. The standard InChI is InChI=1S/C17H24N4O4S2/c1-3-15-5-7-16(8-6-15)26(22,23)20-9-4-10-21(12-11-20)27(24,25)17-13-18-19(2)14-17/h5-8,13-14H,3-4,9-12H2,1-2H3. The van der Waals surface area contributed by atoms with Crippen LogP contribution in [0.1, 0.15) is 18.9 Å². The van der Waals surface area contributed by atoms with Gasteiger partial charge in [0.15, 0.2) is 0 Å². The van der Waals surface area contributed by atoms with Gasteiger partial charge >= 0.3 is 0 Å². The number of hydrogen-bond acceptors (Lipinski definition) is 5. The number of hydrogen-bond donors (Lipinski definition) is 0. The van der Waals surface area contributed by atoms with Gasteiger partial charge in [0, 0.05) is 39.4 Å². The van der Waals surface area contributed by atoms with E-state index in [2.05, 4.69) is 5.10 Å². The lowest BCUT2D eigenvalue weighted by molar-refractivity contribution is 0.404. The Labute approximate surface area is 160 Å². The van der Waals surface area contributed by atoms with E-state index in [1.807, 2.05) is 19.1 Å². The Balaban J connectivity index is 1.77. The summed E-state index contributed by atoms with van der Waals surface area (Å²) in [6.07, 6.45) is 4.03. The van der Waals surface area contributed by atoms with Gasteiger partial charge in [-0.25, -0.2) is 16.8 Å². The lowest BCUT2D eigenvalue weighted by atomic mass is 10.2. The molecule has 3 rings (SSSR count). The molecule has 1 aromatic heterocycles. The van der Waals surface area contributed by atoms with Crippen LogP contribution >= 0.6 is 0 Å². The number of sulfonamides is 2. The smallest absolute Gasteiger partial charge is 0.246 e. The molecule has 1 aliphatic rings. The molecule has 0 amide bonds. The molecule has 0 aliphatic carbocycles. The van der Waals surface area contributed by atoms with E-state index in [0.717, 1.165) is 12.0 Å². The lowest BCUT2D eigenvalue weighted by Gasteiger charge is -2.21. The molecule has 0 atom stereocenters. The highest BCUT2D eigenvalue weighted by Crippen LogP contribution is 2.21. The lowest BCUT2D eigenvalue weighted by Crippen LogP contribution is -2.37. The summed E-state index contributed by atoms with van der Waals surface area (Å²) in [5.41, 5.74) is 1.07. The van der Waals surface area contributed by atoms with Crippen LogP contribution in [0, 0.1) is 0 Å². The van der Waals surface area contributed by atoms with Gasteiger partial charge in [0.25, 0.3) is 0 Å². The molecule has 0 spiro atoms. The van der Waals surface area contributed by atoms with Crippen molar-refractivity contribution >= 4 is 20.0 Å². The SMILES string of the molecule is CCc1ccc(S(=O)(=O)N2CCCN(S(=O)(=O)c3cnn(C)c3)CC2)cc1. The molecule has 1 saturated heterocycles. The molecule has 0 saturated carbocycles. The minimum atomic E-state index is -3.68. The molecule has 148 valence electrons. The van der Waals surface area contributed by atoms with Crippen molar-refractivity contribution in [2.24, 2.45) is 7.05 Å². The Bertz CT molecular complexity index is 998. The van der Waals surface area contributed by atoms with Gasteiger partial charge in [-0.1, -0.05) is 19.1 Å². The molecular weight excluding hydrogens is 388 g/mol. The number of rotatable bonds is 5. The second kappa shape index (κ2) is 7.70. The van der Waals surface area contributed by atoms with Gasteiger partial charge in [0.1, 0.15) is 4.90 Å². The first-order valence-electron chi connectivity index (χ1n) is 8.83. The molecule has 0 N–H and O–H groups in total. The number of aromatic nitrogens is 2. The maximum atomic E-state index is 12.9. The molecule has 0 bridgehead atoms. The van der Waals surface area contributed by atoms with Gasteiger partial charge < -0.3 is 0 Å². The van der Waals surface area contributed by atoms with Crippen LogP contribution in [0.5, 0.6) is 0 Å². The average molecular weight is 413 g/mol. The molecule has 1 fully saturated rings. The van der Waals surface area contributed by atoms with E-state index in [1.165, 1.54) is 25.7 Å². The molecule has 0 radical (unpaired) electrons. The van der Waals surface area contributed by atoms with Crippen LogP contribution in [0.25, 0.3) is 0 Å². The van der Waals surface area contributed by atoms with Gasteiger partial charge in [0.05, 0.1) is 11.1 Å². The summed E-state index contributed by atoms with van der Waals surface area (Å²) in [5.74, 6) is 0. The summed E-state index contributed by atoms with van der Waals surface area (Å²) in [5, 5.41) is 3.91. The van der Waals surface area contributed by atoms with Crippen molar-refractivity contribution in [2.75, 3.05) is 26.2 Å². The van der Waals surface area contributed by atoms with Crippen molar-refractivity contribution in [2.45, 2.75) is 29.6 Å². The zero-order chi connectivity index (χ0) is 19.7. The van der Waals surface area contributed by atoms with Crippen LogP contribution in [0.2, 0.25) is 0 Å². The van der Waals surface area contributed by atoms with E-state index in [-0.39, 0.29) is 36.0 Å². The first kappa shape index (κ1) is 20.0. The quantitative estimate of drug-likeness (QED) is 0.732. The van der Waals surface area contributed by atoms with Crippen molar-refractivity contribution in [1.29, 1.82) is 0 Å². The first-order valence-corrected chi connectivity index (χ1v) is 11.7. The molecular formula is C17H24N4O4S2. The normalized spacial score (nSPS) is 17.7. The summed E-state index contributed by atoms with van der Waals surface area (Å²) >= 11 is 0. The summed E-state index contributed by atoms with van der Waals surface area (Å²) in [6, 6.07) is 6.85. The fourth-order valence-corrected chi connectivity index (χ4v) is 6.00. The van der Waals surface area contributed by atoms with Crippen molar-refractivity contribution in [3.05, 3.63) is 42.2 Å². The van der Waals surface area contributed by atoms with Gasteiger partial charge in [0.2, 0.25) is 20.0 Å². The van der Waals surface area contributed by atoms with Crippen molar-refractivity contribution in [3.63, 3.8) is 0 Å². The third kappa shape index (κ3) is 4.08. The molecule has 1 aromatic carbocycles. The predicted molar refractivity (Wildman–Crippen MR) is 101 cm³/mol. The van der Waals surface area contributed by atoms with Crippen LogP contribution in [0.15, 0.2) is 46.5 Å². The van der Waals surface area contributed by atoms with Gasteiger partial charge in [-0.2, -0.15) is 13.7 Å². The Morgan fingerprint density at radius 3 is 1.93 bits per heavy atom. The van der Waals surface area contributed by atoms with Crippen molar-refractivity contribution in [1.82, 2.24) is 18.4 Å². The molecule has 27 heavy (non-hydrogen) atoms. The van der Waals surface area contributed by atoms with E-state index < -0.39 is 20.0 Å². The van der Waals surface area contributed by atoms with Gasteiger partial charge in [-0.3, -0.25) is 4.68 Å². The van der Waals surface area contributed by atoms with Crippen LogP contribution in [0.4, 0.5) is 0 Å². The maximum absolute atomic E-state index is 12.9. The minimum absolute atomic E-state index is 0.115. The van der Waals surface area contributed by atoms with Gasteiger partial charge in [-0.15, -0.1) is 0 Å². The topological polar surface area (TPSA) is 92.6 Å². The Morgan fingerprint density at radius 2 is 1.44 bits per heavy atom. The van der Waals surface area contributed by atoms with Crippen LogP contribution in [-0.4, -0.2) is 61.4 Å². The molecule has 2 heterocycles. The molecule has 8 nitrogen and oxygen atoms in total. The Morgan fingerprint density at radius 1 is 0.889 bits per heavy atom. The summed E-state index contributed by atoms with van der Waals surface area (Å²) in [4.78, 5) is 0.361. The van der Waals surface area contributed by atoms with Crippen LogP contribution in [-0.2, 0) is 33.5 Å². The Hall–Kier alpha value is -1.75. The third-order valence-corrected chi connectivity index (χ3v) is 8.47. The van der Waals surface area contributed by atoms with E-state index in [1.54, 1.807) is 19.2 Å². The average Bonchev–Trinajstić information content (AvgIpc) is 2.93. The number of nitrogens with zero attached hydrogens (tertiary/aromatic N) is 4. The highest BCUT2D eigenvalue weighted by Gasteiger charge is 2.32. The summed E-state index contributed by atoms with van der Waals surface area (Å²) in [7, 11) is -5.67. The summed E-state index contributed by atoms with van der Waals surface area (Å²) in [6.45, 7) is 2.81. The number of benzene rings is 1. The molecule has 0 unspecified atom stereocenters. The second-order valence-electron chi connectivity index (χ2n) is 6.51. The van der Waals surface area contributed by atoms with Crippen LogP contribution < -0.4 is 0 Å². The van der Waals surface area contributed by atoms with E-state index in [4.69, 9.17) is 0 Å². The fraction of sp³-hybridized carbons (Fsp3) is 0.471. The van der Waals surface area contributed by atoms with Gasteiger partial charge in [-0.05, 0) is 30.5 Å². The fourth-order valence-electron chi connectivity index (χ4n) is 3.08. The van der Waals surface area contributed by atoms with Crippen molar-refractivity contribution in [3.8, 4) is 0 Å². The number of aryl methyl sites for hydroxylation is 2. The Kier molecular flexibility index (Phi) is 5.71. The zero-order valence-corrected chi connectivity index (χ0v) is 17.1. The highest BCUT2D eigenvalue weighted by atomic mass is 32.2. The monoisotopic (exact) mass is 412 g/mol. The van der Waals surface area contributed by atoms with E-state index >= 15 is 0 Å². The molecule has 2 aromatic rings. The van der Waals surface area contributed by atoms with Crippen LogP contribution in [0.3, 0.4) is 0 Å². The molecule has 1 aliphatic heterocycles. The molecule has 10 heteroatoms. The minimum Gasteiger partial charge on any atom is -0.274 e. The highest BCUT2D eigenvalue weighted by molar-refractivity contribution is 7.89. The predicted octanol–water partition coefficient (Wildman–Crippen LogP) is 1.07. The van der Waals surface area contributed by atoms with E-state index in [9.17, 15) is 16.8 Å². The van der Waals surface area contributed by atoms with Crippen molar-refractivity contribution < 1.29 is 16.8 Å². The third-order valence-electron chi connectivity index (χ3n) is 4.70. The zero-order valence-electron chi connectivity index (χ0n) is 15.4. The first-order chi connectivity index (χ1) is 12.7. The largest absolute Gasteiger partial charge is 0.274 e.